The number of rotatable bonds is 5. The molecule has 4 nitrogen and oxygen atoms in total. The molecule has 2 aromatic rings. The lowest BCUT2D eigenvalue weighted by atomic mass is 9.89. The monoisotopic (exact) mass is 485 g/mol. The first-order chi connectivity index (χ1) is 12.3. The average Bonchev–Trinajstić information content (AvgIpc) is 3.16. The molecule has 6 heteroatoms. The standard InChI is InChI=1S/C20H27N3OS.HI/c1-15-7-9-16(10-8-15)19-17(5-3-11-24-19)13-22-20(21-2)23-14-18-6-4-12-25-18;/h4,6-10,12,17,19H,3,5,11,13-14H2,1-2H3,(H2,21,22,23);1H. The number of guanidine groups is 1. The van der Waals surface area contributed by atoms with Gasteiger partial charge in [0.1, 0.15) is 0 Å². The maximum atomic E-state index is 6.10. The molecule has 0 saturated carbocycles. The van der Waals surface area contributed by atoms with E-state index in [0.29, 0.717) is 5.92 Å². The Morgan fingerprint density at radius 1 is 1.23 bits per heavy atom. The highest BCUT2D eigenvalue weighted by molar-refractivity contribution is 14.0. The number of benzene rings is 1. The Kier molecular flexibility index (Phi) is 8.87. The third-order valence-electron chi connectivity index (χ3n) is 4.62. The van der Waals surface area contributed by atoms with Crippen LogP contribution in [-0.2, 0) is 11.3 Å². The zero-order valence-electron chi connectivity index (χ0n) is 15.4. The van der Waals surface area contributed by atoms with Gasteiger partial charge in [0, 0.05) is 31.0 Å². The molecule has 0 spiro atoms. The van der Waals surface area contributed by atoms with Gasteiger partial charge in [0.15, 0.2) is 5.96 Å². The summed E-state index contributed by atoms with van der Waals surface area (Å²) in [6.07, 6.45) is 2.46. The van der Waals surface area contributed by atoms with Crippen molar-refractivity contribution in [1.29, 1.82) is 0 Å². The van der Waals surface area contributed by atoms with Crippen molar-refractivity contribution in [2.45, 2.75) is 32.4 Å². The van der Waals surface area contributed by atoms with E-state index in [1.165, 1.54) is 22.4 Å². The van der Waals surface area contributed by atoms with Gasteiger partial charge >= 0.3 is 0 Å². The summed E-state index contributed by atoms with van der Waals surface area (Å²) in [4.78, 5) is 5.65. The van der Waals surface area contributed by atoms with Gasteiger partial charge in [-0.25, -0.2) is 0 Å². The van der Waals surface area contributed by atoms with Crippen LogP contribution in [0.3, 0.4) is 0 Å². The second kappa shape index (κ2) is 10.9. The summed E-state index contributed by atoms with van der Waals surface area (Å²) in [5, 5.41) is 8.95. The smallest absolute Gasteiger partial charge is 0.191 e. The Morgan fingerprint density at radius 2 is 2.04 bits per heavy atom. The maximum Gasteiger partial charge on any atom is 0.191 e. The van der Waals surface area contributed by atoms with Crippen LogP contribution < -0.4 is 10.6 Å². The summed E-state index contributed by atoms with van der Waals surface area (Å²) in [7, 11) is 1.82. The molecule has 0 amide bonds. The van der Waals surface area contributed by atoms with Crippen LogP contribution in [0.2, 0.25) is 0 Å². The predicted molar refractivity (Wildman–Crippen MR) is 121 cm³/mol. The Bertz CT molecular complexity index is 673. The molecule has 2 heterocycles. The van der Waals surface area contributed by atoms with Gasteiger partial charge < -0.3 is 15.4 Å². The van der Waals surface area contributed by atoms with Gasteiger partial charge in [-0.05, 0) is 36.8 Å². The number of aryl methyl sites for hydroxylation is 1. The zero-order chi connectivity index (χ0) is 17.5. The molecular weight excluding hydrogens is 457 g/mol. The van der Waals surface area contributed by atoms with E-state index in [0.717, 1.165) is 32.1 Å². The largest absolute Gasteiger partial charge is 0.373 e. The molecular formula is C20H28IN3OS. The average molecular weight is 485 g/mol. The molecule has 142 valence electrons. The molecule has 2 unspecified atom stereocenters. The molecule has 26 heavy (non-hydrogen) atoms. The summed E-state index contributed by atoms with van der Waals surface area (Å²) in [6.45, 7) is 4.64. The fourth-order valence-corrected chi connectivity index (χ4v) is 3.85. The summed E-state index contributed by atoms with van der Waals surface area (Å²) in [5.41, 5.74) is 2.56. The molecule has 1 aromatic heterocycles. The van der Waals surface area contributed by atoms with E-state index in [1.54, 1.807) is 11.3 Å². The van der Waals surface area contributed by atoms with Gasteiger partial charge in [-0.3, -0.25) is 4.99 Å². The van der Waals surface area contributed by atoms with Crippen LogP contribution in [0, 0.1) is 12.8 Å². The quantitative estimate of drug-likeness (QED) is 0.372. The highest BCUT2D eigenvalue weighted by Gasteiger charge is 2.27. The minimum atomic E-state index is 0. The van der Waals surface area contributed by atoms with Crippen molar-refractivity contribution in [3.8, 4) is 0 Å². The maximum absolute atomic E-state index is 6.10. The van der Waals surface area contributed by atoms with E-state index in [-0.39, 0.29) is 30.1 Å². The van der Waals surface area contributed by atoms with E-state index in [9.17, 15) is 0 Å². The minimum Gasteiger partial charge on any atom is -0.373 e. The molecule has 0 radical (unpaired) electrons. The van der Waals surface area contributed by atoms with Crippen LogP contribution in [-0.4, -0.2) is 26.2 Å². The highest BCUT2D eigenvalue weighted by Crippen LogP contribution is 2.33. The van der Waals surface area contributed by atoms with E-state index in [1.807, 2.05) is 7.05 Å². The van der Waals surface area contributed by atoms with Gasteiger partial charge in [0.25, 0.3) is 0 Å². The number of nitrogens with one attached hydrogen (secondary N) is 2. The molecule has 1 fully saturated rings. The number of aliphatic imine (C=N–C) groups is 1. The minimum absolute atomic E-state index is 0. The highest BCUT2D eigenvalue weighted by atomic mass is 127. The number of nitrogens with zero attached hydrogens (tertiary/aromatic N) is 1. The number of hydrogen-bond acceptors (Lipinski definition) is 3. The van der Waals surface area contributed by atoms with Crippen LogP contribution >= 0.6 is 35.3 Å². The summed E-state index contributed by atoms with van der Waals surface area (Å²) >= 11 is 1.76. The Morgan fingerprint density at radius 3 is 2.73 bits per heavy atom. The second-order valence-corrected chi connectivity index (χ2v) is 7.52. The lowest BCUT2D eigenvalue weighted by Gasteiger charge is -2.32. The van der Waals surface area contributed by atoms with E-state index >= 15 is 0 Å². The third kappa shape index (κ3) is 5.96. The van der Waals surface area contributed by atoms with Crippen LogP contribution in [0.15, 0.2) is 46.8 Å². The number of halogens is 1. The molecule has 1 aliphatic heterocycles. The molecule has 0 bridgehead atoms. The van der Waals surface area contributed by atoms with Crippen LogP contribution in [0.25, 0.3) is 0 Å². The Balaban J connectivity index is 0.00000243. The van der Waals surface area contributed by atoms with Crippen molar-refractivity contribution >= 4 is 41.3 Å². The zero-order valence-corrected chi connectivity index (χ0v) is 18.6. The SMILES string of the molecule is CN=C(NCc1cccs1)NCC1CCCOC1c1ccc(C)cc1.I. The molecule has 0 aliphatic carbocycles. The van der Waals surface area contributed by atoms with Crippen molar-refractivity contribution in [3.63, 3.8) is 0 Å². The molecule has 1 aromatic carbocycles. The van der Waals surface area contributed by atoms with Crippen molar-refractivity contribution in [2.75, 3.05) is 20.2 Å². The number of thiophene rings is 1. The Labute approximate surface area is 177 Å². The van der Waals surface area contributed by atoms with Crippen molar-refractivity contribution in [1.82, 2.24) is 10.6 Å². The molecule has 3 rings (SSSR count). The fourth-order valence-electron chi connectivity index (χ4n) is 3.21. The normalized spacial score (nSPS) is 20.3. The van der Waals surface area contributed by atoms with Crippen molar-refractivity contribution in [3.05, 3.63) is 57.8 Å². The summed E-state index contributed by atoms with van der Waals surface area (Å²) < 4.78 is 6.10. The summed E-state index contributed by atoms with van der Waals surface area (Å²) in [6, 6.07) is 12.9. The van der Waals surface area contributed by atoms with E-state index < -0.39 is 0 Å². The topological polar surface area (TPSA) is 45.7 Å². The number of hydrogen-bond donors (Lipinski definition) is 2. The first-order valence-electron chi connectivity index (χ1n) is 8.91. The first-order valence-corrected chi connectivity index (χ1v) is 9.79. The first kappa shape index (κ1) is 21.2. The predicted octanol–water partition coefficient (Wildman–Crippen LogP) is 4.51. The fraction of sp³-hybridized carbons (Fsp3) is 0.450. The van der Waals surface area contributed by atoms with Crippen LogP contribution in [0.4, 0.5) is 0 Å². The Hall–Kier alpha value is -1.12. The lowest BCUT2D eigenvalue weighted by Crippen LogP contribution is -2.41. The van der Waals surface area contributed by atoms with E-state index in [4.69, 9.17) is 4.74 Å². The van der Waals surface area contributed by atoms with E-state index in [2.05, 4.69) is 64.3 Å². The molecule has 1 saturated heterocycles. The van der Waals surface area contributed by atoms with Gasteiger partial charge in [-0.15, -0.1) is 35.3 Å². The van der Waals surface area contributed by atoms with Crippen LogP contribution in [0.5, 0.6) is 0 Å². The molecule has 1 aliphatic rings. The molecule has 2 N–H and O–H groups in total. The third-order valence-corrected chi connectivity index (χ3v) is 5.49. The van der Waals surface area contributed by atoms with Crippen molar-refractivity contribution in [2.24, 2.45) is 10.9 Å². The molecule has 2 atom stereocenters. The van der Waals surface area contributed by atoms with Crippen LogP contribution in [0.1, 0.15) is 34.9 Å². The second-order valence-electron chi connectivity index (χ2n) is 6.49. The van der Waals surface area contributed by atoms with Crippen molar-refractivity contribution < 1.29 is 4.74 Å². The van der Waals surface area contributed by atoms with Gasteiger partial charge in [0.05, 0.1) is 12.6 Å². The summed E-state index contributed by atoms with van der Waals surface area (Å²) in [5.74, 6) is 1.30. The van der Waals surface area contributed by atoms with Gasteiger partial charge in [-0.2, -0.15) is 0 Å². The number of ether oxygens (including phenoxy) is 1. The van der Waals surface area contributed by atoms with Gasteiger partial charge in [0.2, 0.25) is 0 Å². The van der Waals surface area contributed by atoms with Gasteiger partial charge in [-0.1, -0.05) is 35.9 Å². The lowest BCUT2D eigenvalue weighted by molar-refractivity contribution is -0.0265.